The van der Waals surface area contributed by atoms with Gasteiger partial charge in [0, 0.05) is 19.4 Å². The minimum atomic E-state index is -0.269. The molecule has 1 aromatic carbocycles. The zero-order valence-electron chi connectivity index (χ0n) is 13.0. The molecule has 0 N–H and O–H groups in total. The van der Waals surface area contributed by atoms with Gasteiger partial charge >= 0.3 is 0 Å². The first-order valence-electron chi connectivity index (χ1n) is 7.97. The molecule has 4 rings (SSSR count). The zero-order valence-corrected chi connectivity index (χ0v) is 13.0. The Morgan fingerprint density at radius 2 is 2.09 bits per heavy atom. The van der Waals surface area contributed by atoms with Crippen molar-refractivity contribution in [2.45, 2.75) is 25.3 Å². The Hall–Kier alpha value is -2.21. The van der Waals surface area contributed by atoms with E-state index in [1.807, 2.05) is 23.1 Å². The summed E-state index contributed by atoms with van der Waals surface area (Å²) in [5, 5.41) is 7.94. The largest absolute Gasteiger partial charge is 0.423 e. The van der Waals surface area contributed by atoms with Crippen LogP contribution in [0, 0.1) is 12.8 Å². The van der Waals surface area contributed by atoms with Crippen molar-refractivity contribution in [1.29, 1.82) is 0 Å². The summed E-state index contributed by atoms with van der Waals surface area (Å²) in [5.74, 6) is 1.53. The lowest BCUT2D eigenvalue weighted by Crippen LogP contribution is -2.44. The van der Waals surface area contributed by atoms with E-state index in [9.17, 15) is 4.79 Å². The summed E-state index contributed by atoms with van der Waals surface area (Å²) in [6.07, 6.45) is 0.912. The number of hydrogen-bond acceptors (Lipinski definition) is 5. The Bertz CT molecular complexity index is 700. The summed E-state index contributed by atoms with van der Waals surface area (Å²) in [6.45, 7) is 3.29. The van der Waals surface area contributed by atoms with Crippen LogP contribution in [0.15, 0.2) is 34.7 Å². The summed E-state index contributed by atoms with van der Waals surface area (Å²) < 4.78 is 11.0. The van der Waals surface area contributed by atoms with E-state index in [4.69, 9.17) is 9.15 Å². The predicted molar refractivity (Wildman–Crippen MR) is 81.6 cm³/mol. The maximum Gasteiger partial charge on any atom is 0.241 e. The van der Waals surface area contributed by atoms with E-state index in [1.54, 1.807) is 6.92 Å². The molecule has 0 spiro atoms. The molecule has 1 aliphatic carbocycles. The first kappa shape index (κ1) is 14.4. The van der Waals surface area contributed by atoms with Crippen LogP contribution >= 0.6 is 0 Å². The quantitative estimate of drug-likeness (QED) is 0.868. The smallest absolute Gasteiger partial charge is 0.241 e. The minimum absolute atomic E-state index is 0.0574. The lowest BCUT2D eigenvalue weighted by molar-refractivity contribution is -0.142. The SMILES string of the molecule is Cc1nnc([C@@H]2COCCN2C(=O)[C@@H]2C[C@H]2c2ccccc2)o1. The fourth-order valence-corrected chi connectivity index (χ4v) is 3.27. The van der Waals surface area contributed by atoms with Gasteiger partial charge in [-0.25, -0.2) is 0 Å². The van der Waals surface area contributed by atoms with E-state index in [2.05, 4.69) is 22.3 Å². The van der Waals surface area contributed by atoms with Crippen LogP contribution in [0.3, 0.4) is 0 Å². The highest BCUT2D eigenvalue weighted by atomic mass is 16.5. The zero-order chi connectivity index (χ0) is 15.8. The number of aromatic nitrogens is 2. The maximum absolute atomic E-state index is 12.9. The molecule has 1 aliphatic heterocycles. The van der Waals surface area contributed by atoms with E-state index >= 15 is 0 Å². The molecular formula is C17H19N3O3. The molecule has 1 amide bonds. The molecular weight excluding hydrogens is 294 g/mol. The topological polar surface area (TPSA) is 68.5 Å². The summed E-state index contributed by atoms with van der Waals surface area (Å²) in [5.41, 5.74) is 1.24. The molecule has 0 radical (unpaired) electrons. The van der Waals surface area contributed by atoms with Crippen molar-refractivity contribution in [3.8, 4) is 0 Å². The van der Waals surface area contributed by atoms with Crippen LogP contribution in [0.5, 0.6) is 0 Å². The Kier molecular flexibility index (Phi) is 3.61. The molecule has 0 unspecified atom stereocenters. The van der Waals surface area contributed by atoms with Gasteiger partial charge in [0.25, 0.3) is 0 Å². The van der Waals surface area contributed by atoms with E-state index in [-0.39, 0.29) is 17.9 Å². The fraction of sp³-hybridized carbons (Fsp3) is 0.471. The second-order valence-corrected chi connectivity index (χ2v) is 6.14. The third kappa shape index (κ3) is 2.74. The van der Waals surface area contributed by atoms with Gasteiger partial charge in [0.05, 0.1) is 13.2 Å². The molecule has 1 saturated carbocycles. The molecule has 2 aliphatic rings. The van der Waals surface area contributed by atoms with Crippen LogP contribution in [-0.4, -0.2) is 40.8 Å². The fourth-order valence-electron chi connectivity index (χ4n) is 3.27. The predicted octanol–water partition coefficient (Wildman–Crippen LogP) is 2.08. The van der Waals surface area contributed by atoms with Gasteiger partial charge in [-0.05, 0) is 17.9 Å². The van der Waals surface area contributed by atoms with Crippen molar-refractivity contribution in [3.05, 3.63) is 47.7 Å². The van der Waals surface area contributed by atoms with Gasteiger partial charge < -0.3 is 14.1 Å². The lowest BCUT2D eigenvalue weighted by Gasteiger charge is -2.33. The number of hydrogen-bond donors (Lipinski definition) is 0. The lowest BCUT2D eigenvalue weighted by atomic mass is 10.1. The van der Waals surface area contributed by atoms with Crippen LogP contribution in [0.25, 0.3) is 0 Å². The number of carbonyl (C=O) groups is 1. The summed E-state index contributed by atoms with van der Waals surface area (Å²) in [4.78, 5) is 14.8. The first-order valence-corrected chi connectivity index (χ1v) is 7.97. The molecule has 3 atom stereocenters. The van der Waals surface area contributed by atoms with Crippen LogP contribution in [0.1, 0.15) is 35.7 Å². The minimum Gasteiger partial charge on any atom is -0.423 e. The molecule has 1 aromatic heterocycles. The monoisotopic (exact) mass is 313 g/mol. The summed E-state index contributed by atoms with van der Waals surface area (Å²) in [6, 6.07) is 9.96. The number of nitrogens with zero attached hydrogens (tertiary/aromatic N) is 3. The highest BCUT2D eigenvalue weighted by Crippen LogP contribution is 2.49. The van der Waals surface area contributed by atoms with E-state index in [1.165, 1.54) is 5.56 Å². The van der Waals surface area contributed by atoms with Gasteiger partial charge in [-0.15, -0.1) is 10.2 Å². The van der Waals surface area contributed by atoms with E-state index in [0.29, 0.717) is 37.5 Å². The second kappa shape index (κ2) is 5.77. The number of benzene rings is 1. The highest BCUT2D eigenvalue weighted by molar-refractivity contribution is 5.83. The Balaban J connectivity index is 1.51. The molecule has 23 heavy (non-hydrogen) atoms. The first-order chi connectivity index (χ1) is 11.2. The third-order valence-electron chi connectivity index (χ3n) is 4.57. The average Bonchev–Trinajstić information content (AvgIpc) is 3.29. The van der Waals surface area contributed by atoms with Gasteiger partial charge in [-0.2, -0.15) is 0 Å². The van der Waals surface area contributed by atoms with Crippen molar-refractivity contribution < 1.29 is 13.9 Å². The summed E-state index contributed by atoms with van der Waals surface area (Å²) >= 11 is 0. The number of carbonyl (C=O) groups excluding carboxylic acids is 1. The summed E-state index contributed by atoms with van der Waals surface area (Å²) in [7, 11) is 0. The molecule has 2 fully saturated rings. The number of amides is 1. The number of aryl methyl sites for hydroxylation is 1. The van der Waals surface area contributed by atoms with Crippen LogP contribution in [-0.2, 0) is 9.53 Å². The van der Waals surface area contributed by atoms with Gasteiger partial charge in [0.15, 0.2) is 0 Å². The van der Waals surface area contributed by atoms with Gasteiger partial charge in [0.2, 0.25) is 17.7 Å². The maximum atomic E-state index is 12.9. The Labute approximate surface area is 134 Å². The van der Waals surface area contributed by atoms with E-state index < -0.39 is 0 Å². The molecule has 6 nitrogen and oxygen atoms in total. The number of rotatable bonds is 3. The number of morpholine rings is 1. The van der Waals surface area contributed by atoms with Crippen molar-refractivity contribution in [3.63, 3.8) is 0 Å². The van der Waals surface area contributed by atoms with Crippen molar-refractivity contribution in [2.75, 3.05) is 19.8 Å². The molecule has 2 heterocycles. The van der Waals surface area contributed by atoms with Crippen molar-refractivity contribution in [1.82, 2.24) is 15.1 Å². The highest BCUT2D eigenvalue weighted by Gasteiger charge is 2.48. The Morgan fingerprint density at radius 1 is 1.26 bits per heavy atom. The molecule has 120 valence electrons. The normalized spacial score (nSPS) is 27.0. The van der Waals surface area contributed by atoms with Crippen molar-refractivity contribution in [2.24, 2.45) is 5.92 Å². The van der Waals surface area contributed by atoms with E-state index in [0.717, 1.165) is 6.42 Å². The molecule has 6 heteroatoms. The molecule has 1 saturated heterocycles. The second-order valence-electron chi connectivity index (χ2n) is 6.14. The molecule has 0 bridgehead atoms. The average molecular weight is 313 g/mol. The van der Waals surface area contributed by atoms with Crippen molar-refractivity contribution >= 4 is 5.91 Å². The van der Waals surface area contributed by atoms with Crippen LogP contribution in [0.2, 0.25) is 0 Å². The third-order valence-corrected chi connectivity index (χ3v) is 4.57. The number of ether oxygens (including phenoxy) is 1. The molecule has 2 aromatic rings. The van der Waals surface area contributed by atoms with Gasteiger partial charge in [0.1, 0.15) is 6.04 Å². The van der Waals surface area contributed by atoms with Crippen LogP contribution < -0.4 is 0 Å². The van der Waals surface area contributed by atoms with Gasteiger partial charge in [-0.3, -0.25) is 4.79 Å². The van der Waals surface area contributed by atoms with Gasteiger partial charge in [-0.1, -0.05) is 30.3 Å². The van der Waals surface area contributed by atoms with Crippen LogP contribution in [0.4, 0.5) is 0 Å². The standard InChI is InChI=1S/C17H19N3O3/c1-11-18-19-16(23-11)15-10-22-8-7-20(15)17(21)14-9-13(14)12-5-3-2-4-6-12/h2-6,13-15H,7-10H2,1H3/t13-,14+,15-/m0/s1. The Morgan fingerprint density at radius 3 is 2.83 bits per heavy atom.